The van der Waals surface area contributed by atoms with Gasteiger partial charge in [-0.15, -0.1) is 0 Å². The molecular weight excluding hydrogens is 250 g/mol. The van der Waals surface area contributed by atoms with Crippen molar-refractivity contribution in [1.82, 2.24) is 0 Å². The van der Waals surface area contributed by atoms with Gasteiger partial charge in [-0.3, -0.25) is 0 Å². The molecule has 0 saturated carbocycles. The van der Waals surface area contributed by atoms with Gasteiger partial charge in [0.25, 0.3) is 0 Å². The molecule has 1 aliphatic rings. The summed E-state index contributed by atoms with van der Waals surface area (Å²) in [7, 11) is 1.70. The van der Waals surface area contributed by atoms with Crippen LogP contribution in [0.3, 0.4) is 0 Å². The first kappa shape index (κ1) is 12.9. The van der Waals surface area contributed by atoms with E-state index in [1.807, 2.05) is 18.2 Å². The third-order valence-electron chi connectivity index (χ3n) is 3.85. The van der Waals surface area contributed by atoms with E-state index >= 15 is 0 Å². The van der Waals surface area contributed by atoms with Crippen LogP contribution in [0.4, 0.5) is 5.69 Å². The minimum absolute atomic E-state index is 0.274. The standard InChI is InChI=1S/C17H19NO2/c1-20-15-9-8-12-4-2-7-17(16(12)11-15)18-13-5-3-6-14(19)10-13/h3,5-6,8-11,17-19H,2,4,7H2,1H3. The number of fused-ring (bicyclic) bond motifs is 1. The van der Waals surface area contributed by atoms with Gasteiger partial charge in [-0.1, -0.05) is 12.1 Å². The Kier molecular flexibility index (Phi) is 3.50. The molecule has 104 valence electrons. The van der Waals surface area contributed by atoms with Crippen molar-refractivity contribution in [3.05, 3.63) is 53.6 Å². The fraction of sp³-hybridized carbons (Fsp3) is 0.294. The lowest BCUT2D eigenvalue weighted by molar-refractivity contribution is 0.413. The second-order valence-electron chi connectivity index (χ2n) is 5.20. The highest BCUT2D eigenvalue weighted by atomic mass is 16.5. The molecule has 0 saturated heterocycles. The van der Waals surface area contributed by atoms with Gasteiger partial charge in [0.1, 0.15) is 11.5 Å². The molecule has 0 fully saturated rings. The molecule has 1 unspecified atom stereocenters. The first-order valence-corrected chi connectivity index (χ1v) is 6.98. The zero-order valence-electron chi connectivity index (χ0n) is 11.6. The summed E-state index contributed by atoms with van der Waals surface area (Å²) < 4.78 is 5.33. The van der Waals surface area contributed by atoms with Gasteiger partial charge in [0.15, 0.2) is 0 Å². The zero-order valence-corrected chi connectivity index (χ0v) is 11.6. The molecule has 0 aromatic heterocycles. The molecule has 3 nitrogen and oxygen atoms in total. The van der Waals surface area contributed by atoms with E-state index in [0.717, 1.165) is 24.3 Å². The Morgan fingerprint density at radius 2 is 2.10 bits per heavy atom. The van der Waals surface area contributed by atoms with Gasteiger partial charge in [0.2, 0.25) is 0 Å². The van der Waals surface area contributed by atoms with Gasteiger partial charge in [0, 0.05) is 11.8 Å². The summed E-state index contributed by atoms with van der Waals surface area (Å²) in [6.45, 7) is 0. The summed E-state index contributed by atoms with van der Waals surface area (Å²) in [5, 5.41) is 13.1. The summed E-state index contributed by atoms with van der Waals surface area (Å²) in [5.41, 5.74) is 3.64. The molecular formula is C17H19NO2. The number of anilines is 1. The van der Waals surface area contributed by atoms with Crippen LogP contribution >= 0.6 is 0 Å². The minimum Gasteiger partial charge on any atom is -0.508 e. The molecule has 2 aromatic carbocycles. The summed E-state index contributed by atoms with van der Waals surface area (Å²) in [6.07, 6.45) is 3.39. The summed E-state index contributed by atoms with van der Waals surface area (Å²) in [4.78, 5) is 0. The van der Waals surface area contributed by atoms with Gasteiger partial charge in [-0.2, -0.15) is 0 Å². The lowest BCUT2D eigenvalue weighted by Crippen LogP contribution is -2.17. The number of hydrogen-bond acceptors (Lipinski definition) is 3. The Hall–Kier alpha value is -2.16. The average molecular weight is 269 g/mol. The lowest BCUT2D eigenvalue weighted by Gasteiger charge is -2.27. The highest BCUT2D eigenvalue weighted by Crippen LogP contribution is 2.35. The number of phenols is 1. The van der Waals surface area contributed by atoms with Crippen molar-refractivity contribution in [3.8, 4) is 11.5 Å². The number of benzene rings is 2. The third-order valence-corrected chi connectivity index (χ3v) is 3.85. The Morgan fingerprint density at radius 3 is 2.90 bits per heavy atom. The van der Waals surface area contributed by atoms with Crippen LogP contribution < -0.4 is 10.1 Å². The van der Waals surface area contributed by atoms with Crippen molar-refractivity contribution in [2.75, 3.05) is 12.4 Å². The van der Waals surface area contributed by atoms with Crippen LogP contribution in [-0.4, -0.2) is 12.2 Å². The maximum Gasteiger partial charge on any atom is 0.119 e. The van der Waals surface area contributed by atoms with Crippen LogP contribution in [0.15, 0.2) is 42.5 Å². The highest BCUT2D eigenvalue weighted by Gasteiger charge is 2.20. The molecule has 2 aromatic rings. The Morgan fingerprint density at radius 1 is 1.20 bits per heavy atom. The summed E-state index contributed by atoms with van der Waals surface area (Å²) in [5.74, 6) is 1.19. The Balaban J connectivity index is 1.89. The van der Waals surface area contributed by atoms with Crippen LogP contribution in [0.5, 0.6) is 11.5 Å². The maximum absolute atomic E-state index is 9.56. The van der Waals surface area contributed by atoms with Gasteiger partial charge >= 0.3 is 0 Å². The van der Waals surface area contributed by atoms with E-state index in [-0.39, 0.29) is 11.8 Å². The van der Waals surface area contributed by atoms with E-state index in [9.17, 15) is 5.11 Å². The number of phenolic OH excluding ortho intramolecular Hbond substituents is 1. The monoisotopic (exact) mass is 269 g/mol. The van der Waals surface area contributed by atoms with Crippen LogP contribution in [0.25, 0.3) is 0 Å². The maximum atomic E-state index is 9.56. The topological polar surface area (TPSA) is 41.5 Å². The van der Waals surface area contributed by atoms with Crippen molar-refractivity contribution in [1.29, 1.82) is 0 Å². The first-order chi connectivity index (χ1) is 9.76. The first-order valence-electron chi connectivity index (χ1n) is 6.98. The van der Waals surface area contributed by atoms with Crippen molar-refractivity contribution in [3.63, 3.8) is 0 Å². The molecule has 3 heteroatoms. The van der Waals surface area contributed by atoms with Crippen LogP contribution in [0, 0.1) is 0 Å². The number of aryl methyl sites for hydroxylation is 1. The fourth-order valence-corrected chi connectivity index (χ4v) is 2.85. The molecule has 1 aliphatic carbocycles. The Labute approximate surface area is 119 Å². The molecule has 1 atom stereocenters. The van der Waals surface area contributed by atoms with Crippen LogP contribution in [-0.2, 0) is 6.42 Å². The molecule has 0 radical (unpaired) electrons. The van der Waals surface area contributed by atoms with Crippen molar-refractivity contribution in [2.45, 2.75) is 25.3 Å². The van der Waals surface area contributed by atoms with E-state index in [1.54, 1.807) is 19.2 Å². The van der Waals surface area contributed by atoms with E-state index in [1.165, 1.54) is 17.5 Å². The van der Waals surface area contributed by atoms with Crippen LogP contribution in [0.2, 0.25) is 0 Å². The minimum atomic E-state index is 0.274. The summed E-state index contributed by atoms with van der Waals surface area (Å²) in [6, 6.07) is 13.9. The molecule has 0 heterocycles. The van der Waals surface area contributed by atoms with Crippen LogP contribution in [0.1, 0.15) is 30.0 Å². The molecule has 20 heavy (non-hydrogen) atoms. The van der Waals surface area contributed by atoms with E-state index in [0.29, 0.717) is 0 Å². The SMILES string of the molecule is COc1ccc2c(c1)C(Nc1cccc(O)c1)CCC2. The van der Waals surface area contributed by atoms with Gasteiger partial charge in [0.05, 0.1) is 13.2 Å². The zero-order chi connectivity index (χ0) is 13.9. The Bertz CT molecular complexity index is 610. The largest absolute Gasteiger partial charge is 0.508 e. The van der Waals surface area contributed by atoms with Crippen molar-refractivity contribution >= 4 is 5.69 Å². The molecule has 3 rings (SSSR count). The number of rotatable bonds is 3. The third kappa shape index (κ3) is 2.57. The van der Waals surface area contributed by atoms with E-state index in [4.69, 9.17) is 4.74 Å². The predicted molar refractivity (Wildman–Crippen MR) is 80.4 cm³/mol. The lowest BCUT2D eigenvalue weighted by atomic mass is 9.87. The van der Waals surface area contributed by atoms with Gasteiger partial charge in [-0.25, -0.2) is 0 Å². The second-order valence-corrected chi connectivity index (χ2v) is 5.20. The second kappa shape index (κ2) is 5.45. The molecule has 0 spiro atoms. The molecule has 0 bridgehead atoms. The average Bonchev–Trinajstić information content (AvgIpc) is 2.47. The smallest absolute Gasteiger partial charge is 0.119 e. The normalized spacial score (nSPS) is 17.4. The van der Waals surface area contributed by atoms with Crippen molar-refractivity contribution < 1.29 is 9.84 Å². The van der Waals surface area contributed by atoms with Gasteiger partial charge in [-0.05, 0) is 54.7 Å². The number of nitrogens with one attached hydrogen (secondary N) is 1. The number of methoxy groups -OCH3 is 1. The summed E-state index contributed by atoms with van der Waals surface area (Å²) >= 11 is 0. The molecule has 2 N–H and O–H groups in total. The molecule has 0 aliphatic heterocycles. The fourth-order valence-electron chi connectivity index (χ4n) is 2.85. The number of ether oxygens (including phenoxy) is 1. The number of aromatic hydroxyl groups is 1. The molecule has 0 amide bonds. The van der Waals surface area contributed by atoms with E-state index < -0.39 is 0 Å². The highest BCUT2D eigenvalue weighted by molar-refractivity contribution is 5.51. The van der Waals surface area contributed by atoms with E-state index in [2.05, 4.69) is 17.4 Å². The number of hydrogen-bond donors (Lipinski definition) is 2. The van der Waals surface area contributed by atoms with Crippen molar-refractivity contribution in [2.24, 2.45) is 0 Å². The quantitative estimate of drug-likeness (QED) is 0.888. The predicted octanol–water partition coefficient (Wildman–Crippen LogP) is 3.89. The van der Waals surface area contributed by atoms with Gasteiger partial charge < -0.3 is 15.2 Å².